The van der Waals surface area contributed by atoms with Crippen LogP contribution < -0.4 is 10.1 Å². The molecule has 0 spiro atoms. The van der Waals surface area contributed by atoms with E-state index in [1.165, 1.54) is 12.3 Å². The molecule has 0 saturated carbocycles. The fourth-order valence-electron chi connectivity index (χ4n) is 2.19. The molecule has 0 unspecified atom stereocenters. The lowest BCUT2D eigenvalue weighted by Crippen LogP contribution is -2.21. The van der Waals surface area contributed by atoms with Gasteiger partial charge in [-0.25, -0.2) is 9.78 Å². The summed E-state index contributed by atoms with van der Waals surface area (Å²) in [5, 5.41) is 2.70. The van der Waals surface area contributed by atoms with Crippen molar-refractivity contribution in [3.63, 3.8) is 0 Å². The summed E-state index contributed by atoms with van der Waals surface area (Å²) >= 11 is 2.11. The average molecular weight is 474 g/mol. The third kappa shape index (κ3) is 5.27. The summed E-state index contributed by atoms with van der Waals surface area (Å²) in [4.78, 5) is 28.5. The van der Waals surface area contributed by atoms with Crippen LogP contribution in [0.1, 0.15) is 10.4 Å². The van der Waals surface area contributed by atoms with E-state index in [4.69, 9.17) is 9.47 Å². The molecule has 0 aliphatic rings. The van der Waals surface area contributed by atoms with E-state index >= 15 is 0 Å². The van der Waals surface area contributed by atoms with E-state index in [1.54, 1.807) is 24.3 Å². The number of pyridine rings is 1. The van der Waals surface area contributed by atoms with Gasteiger partial charge in [0.15, 0.2) is 6.61 Å². The Morgan fingerprint density at radius 3 is 2.48 bits per heavy atom. The maximum Gasteiger partial charge on any atom is 0.344 e. The van der Waals surface area contributed by atoms with E-state index in [-0.39, 0.29) is 11.4 Å². The van der Waals surface area contributed by atoms with Crippen LogP contribution in [0.25, 0.3) is 0 Å². The smallest absolute Gasteiger partial charge is 0.344 e. The van der Waals surface area contributed by atoms with Gasteiger partial charge in [0.2, 0.25) is 5.88 Å². The molecule has 1 amide bonds. The Morgan fingerprint density at radius 1 is 0.963 bits per heavy atom. The zero-order chi connectivity index (χ0) is 19.1. The number of hydrogen-bond acceptors (Lipinski definition) is 5. The van der Waals surface area contributed by atoms with Crippen molar-refractivity contribution in [1.29, 1.82) is 0 Å². The van der Waals surface area contributed by atoms with Gasteiger partial charge in [-0.2, -0.15) is 0 Å². The standard InChI is InChI=1S/C20H15IN2O4/c21-16-10-4-5-11-17(16)23-18(24)13-26-20(25)15-9-6-12-22-19(15)27-14-7-2-1-3-8-14/h1-12H,13H2,(H,23,24). The van der Waals surface area contributed by atoms with E-state index in [1.807, 2.05) is 36.4 Å². The first kappa shape index (κ1) is 18.8. The molecule has 7 heteroatoms. The number of halogens is 1. The van der Waals surface area contributed by atoms with E-state index in [0.717, 1.165) is 3.57 Å². The van der Waals surface area contributed by atoms with Crippen LogP contribution in [-0.4, -0.2) is 23.5 Å². The minimum Gasteiger partial charge on any atom is -0.452 e. The van der Waals surface area contributed by atoms with E-state index < -0.39 is 18.5 Å². The molecule has 0 bridgehead atoms. The molecule has 0 aliphatic carbocycles. The largest absolute Gasteiger partial charge is 0.452 e. The molecule has 1 heterocycles. The lowest BCUT2D eigenvalue weighted by Gasteiger charge is -2.10. The lowest BCUT2D eigenvalue weighted by molar-refractivity contribution is -0.119. The normalized spacial score (nSPS) is 10.1. The first-order valence-corrected chi connectivity index (χ1v) is 9.11. The monoisotopic (exact) mass is 474 g/mol. The van der Waals surface area contributed by atoms with Crippen LogP contribution >= 0.6 is 22.6 Å². The van der Waals surface area contributed by atoms with Crippen molar-refractivity contribution in [3.05, 3.63) is 82.1 Å². The molecule has 2 aromatic carbocycles. The molecule has 3 aromatic rings. The van der Waals surface area contributed by atoms with Crippen molar-refractivity contribution in [1.82, 2.24) is 4.98 Å². The van der Waals surface area contributed by atoms with Gasteiger partial charge in [-0.15, -0.1) is 0 Å². The quantitative estimate of drug-likeness (QED) is 0.427. The van der Waals surface area contributed by atoms with Gasteiger partial charge < -0.3 is 14.8 Å². The third-order valence-corrected chi connectivity index (χ3v) is 4.37. The molecular formula is C20H15IN2O4. The minimum absolute atomic E-state index is 0.117. The van der Waals surface area contributed by atoms with Crippen LogP contribution in [0, 0.1) is 3.57 Å². The minimum atomic E-state index is -0.688. The zero-order valence-electron chi connectivity index (χ0n) is 14.1. The van der Waals surface area contributed by atoms with Crippen LogP contribution in [0.5, 0.6) is 11.6 Å². The number of aromatic nitrogens is 1. The summed E-state index contributed by atoms with van der Waals surface area (Å²) in [6.07, 6.45) is 1.51. The van der Waals surface area contributed by atoms with Gasteiger partial charge in [-0.05, 0) is 59.0 Å². The lowest BCUT2D eigenvalue weighted by atomic mass is 10.2. The second-order valence-electron chi connectivity index (χ2n) is 5.38. The highest BCUT2D eigenvalue weighted by atomic mass is 127. The highest BCUT2D eigenvalue weighted by molar-refractivity contribution is 14.1. The van der Waals surface area contributed by atoms with Crippen molar-refractivity contribution in [2.24, 2.45) is 0 Å². The topological polar surface area (TPSA) is 77.5 Å². The number of carbonyl (C=O) groups is 2. The molecule has 6 nitrogen and oxygen atoms in total. The number of nitrogens with zero attached hydrogens (tertiary/aromatic N) is 1. The van der Waals surface area contributed by atoms with Gasteiger partial charge in [0.1, 0.15) is 11.3 Å². The van der Waals surface area contributed by atoms with Crippen molar-refractivity contribution >= 4 is 40.2 Å². The third-order valence-electron chi connectivity index (χ3n) is 3.43. The summed E-state index contributed by atoms with van der Waals surface area (Å²) in [5.41, 5.74) is 0.803. The fraction of sp³-hybridized carbons (Fsp3) is 0.0500. The fourth-order valence-corrected chi connectivity index (χ4v) is 2.71. The number of amides is 1. The van der Waals surface area contributed by atoms with Crippen molar-refractivity contribution in [3.8, 4) is 11.6 Å². The van der Waals surface area contributed by atoms with E-state index in [2.05, 4.69) is 32.9 Å². The van der Waals surface area contributed by atoms with Crippen LogP contribution in [0.4, 0.5) is 5.69 Å². The number of ether oxygens (including phenoxy) is 2. The summed E-state index contributed by atoms with van der Waals surface area (Å²) in [6.45, 7) is -0.413. The highest BCUT2D eigenvalue weighted by Gasteiger charge is 2.17. The second-order valence-corrected chi connectivity index (χ2v) is 6.54. The van der Waals surface area contributed by atoms with Crippen LogP contribution in [-0.2, 0) is 9.53 Å². The Balaban J connectivity index is 1.63. The molecule has 0 atom stereocenters. The summed E-state index contributed by atoms with van der Waals surface area (Å²) in [5.74, 6) is -0.456. The Bertz CT molecular complexity index is 947. The molecule has 1 N–H and O–H groups in total. The molecule has 0 radical (unpaired) electrons. The van der Waals surface area contributed by atoms with Gasteiger partial charge >= 0.3 is 5.97 Å². The average Bonchev–Trinajstić information content (AvgIpc) is 2.69. The zero-order valence-corrected chi connectivity index (χ0v) is 16.3. The Labute approximate surface area is 169 Å². The number of rotatable bonds is 6. The van der Waals surface area contributed by atoms with Gasteiger partial charge in [-0.3, -0.25) is 4.79 Å². The van der Waals surface area contributed by atoms with Gasteiger partial charge in [0.25, 0.3) is 5.91 Å². The Morgan fingerprint density at radius 2 is 1.70 bits per heavy atom. The predicted molar refractivity (Wildman–Crippen MR) is 109 cm³/mol. The van der Waals surface area contributed by atoms with Gasteiger partial charge in [0, 0.05) is 9.77 Å². The number of hydrogen-bond donors (Lipinski definition) is 1. The molecule has 0 aliphatic heterocycles. The Kier molecular flexibility index (Phi) is 6.37. The number of esters is 1. The molecule has 0 fully saturated rings. The predicted octanol–water partition coefficient (Wildman–Crippen LogP) is 4.27. The molecule has 27 heavy (non-hydrogen) atoms. The maximum absolute atomic E-state index is 12.4. The number of benzene rings is 2. The van der Waals surface area contributed by atoms with Crippen molar-refractivity contribution < 1.29 is 19.1 Å². The molecule has 1 aromatic heterocycles. The number of anilines is 1. The number of para-hydroxylation sites is 2. The highest BCUT2D eigenvalue weighted by Crippen LogP contribution is 2.23. The van der Waals surface area contributed by atoms with Gasteiger partial charge in [-0.1, -0.05) is 30.3 Å². The van der Waals surface area contributed by atoms with Crippen LogP contribution in [0.3, 0.4) is 0 Å². The van der Waals surface area contributed by atoms with Gasteiger partial charge in [0.05, 0.1) is 5.69 Å². The number of carbonyl (C=O) groups excluding carboxylic acids is 2. The molecular weight excluding hydrogens is 459 g/mol. The SMILES string of the molecule is O=C(COC(=O)c1cccnc1Oc1ccccc1)Nc1ccccc1I. The molecule has 0 saturated heterocycles. The van der Waals surface area contributed by atoms with Crippen molar-refractivity contribution in [2.75, 3.05) is 11.9 Å². The Hall–Kier alpha value is -2.94. The summed E-state index contributed by atoms with van der Waals surface area (Å²) in [6, 6.07) is 19.4. The first-order chi connectivity index (χ1) is 13.1. The number of nitrogens with one attached hydrogen (secondary N) is 1. The molecule has 3 rings (SSSR count). The second kappa shape index (κ2) is 9.13. The maximum atomic E-state index is 12.4. The van der Waals surface area contributed by atoms with E-state index in [0.29, 0.717) is 11.4 Å². The van der Waals surface area contributed by atoms with Crippen molar-refractivity contribution in [2.45, 2.75) is 0 Å². The molecule has 136 valence electrons. The first-order valence-electron chi connectivity index (χ1n) is 8.03. The van der Waals surface area contributed by atoms with Crippen LogP contribution in [0.15, 0.2) is 72.9 Å². The summed E-state index contributed by atoms with van der Waals surface area (Å²) in [7, 11) is 0. The van der Waals surface area contributed by atoms with Crippen LogP contribution in [0.2, 0.25) is 0 Å². The van der Waals surface area contributed by atoms with E-state index in [9.17, 15) is 9.59 Å². The summed E-state index contributed by atoms with van der Waals surface area (Å²) < 4.78 is 11.6.